The minimum Gasteiger partial charge on any atom is -0.393 e. The van der Waals surface area contributed by atoms with Crippen molar-refractivity contribution in [3.8, 4) is 0 Å². The Hall–Kier alpha value is -0.0400. The number of hydrogen-bond donors (Lipinski definition) is 1. The van der Waals surface area contributed by atoms with Crippen LogP contribution in [0.2, 0.25) is 0 Å². The third-order valence-corrected chi connectivity index (χ3v) is 3.36. The smallest absolute Gasteiger partial charge is 0.0570 e. The zero-order valence-corrected chi connectivity index (χ0v) is 9.29. The molecule has 0 heterocycles. The van der Waals surface area contributed by atoms with E-state index in [9.17, 15) is 5.11 Å². The standard InChI is InChI=1S/C12H24O/c1-9(2)8-10(3)11-6-4-5-7-12(11)13/h9-13H,4-8H2,1-3H3. The quantitative estimate of drug-likeness (QED) is 0.714. The van der Waals surface area contributed by atoms with Crippen LogP contribution in [0.4, 0.5) is 0 Å². The number of rotatable bonds is 3. The molecule has 1 aliphatic carbocycles. The summed E-state index contributed by atoms with van der Waals surface area (Å²) in [6.07, 6.45) is 6.09. The van der Waals surface area contributed by atoms with E-state index in [4.69, 9.17) is 0 Å². The van der Waals surface area contributed by atoms with E-state index in [1.165, 1.54) is 25.7 Å². The van der Waals surface area contributed by atoms with Gasteiger partial charge in [0, 0.05) is 0 Å². The van der Waals surface area contributed by atoms with Crippen LogP contribution in [0.25, 0.3) is 0 Å². The molecule has 78 valence electrons. The van der Waals surface area contributed by atoms with Crippen LogP contribution in [0.3, 0.4) is 0 Å². The van der Waals surface area contributed by atoms with Gasteiger partial charge in [-0.1, -0.05) is 33.6 Å². The van der Waals surface area contributed by atoms with Crippen molar-refractivity contribution in [3.05, 3.63) is 0 Å². The van der Waals surface area contributed by atoms with Gasteiger partial charge in [-0.2, -0.15) is 0 Å². The Balaban J connectivity index is 2.39. The number of aliphatic hydroxyl groups excluding tert-OH is 1. The van der Waals surface area contributed by atoms with E-state index in [0.717, 1.165) is 12.3 Å². The van der Waals surface area contributed by atoms with Crippen LogP contribution in [0.15, 0.2) is 0 Å². The fourth-order valence-electron chi connectivity index (χ4n) is 2.72. The van der Waals surface area contributed by atoms with Gasteiger partial charge in [0.25, 0.3) is 0 Å². The van der Waals surface area contributed by atoms with Crippen LogP contribution < -0.4 is 0 Å². The maximum Gasteiger partial charge on any atom is 0.0570 e. The first kappa shape index (κ1) is 11.0. The van der Waals surface area contributed by atoms with Crippen LogP contribution in [0.1, 0.15) is 52.9 Å². The summed E-state index contributed by atoms with van der Waals surface area (Å²) in [5.41, 5.74) is 0. The monoisotopic (exact) mass is 184 g/mol. The van der Waals surface area contributed by atoms with E-state index >= 15 is 0 Å². The van der Waals surface area contributed by atoms with E-state index in [0.29, 0.717) is 11.8 Å². The molecule has 1 N–H and O–H groups in total. The number of hydrogen-bond acceptors (Lipinski definition) is 1. The van der Waals surface area contributed by atoms with Crippen molar-refractivity contribution in [2.45, 2.75) is 59.0 Å². The van der Waals surface area contributed by atoms with Gasteiger partial charge >= 0.3 is 0 Å². The number of aliphatic hydroxyl groups is 1. The van der Waals surface area contributed by atoms with Gasteiger partial charge in [0.15, 0.2) is 0 Å². The first-order chi connectivity index (χ1) is 6.11. The molecule has 1 rings (SSSR count). The Bertz CT molecular complexity index is 142. The highest BCUT2D eigenvalue weighted by molar-refractivity contribution is 4.78. The summed E-state index contributed by atoms with van der Waals surface area (Å²) in [5.74, 6) is 2.05. The highest BCUT2D eigenvalue weighted by Gasteiger charge is 2.27. The molecule has 13 heavy (non-hydrogen) atoms. The van der Waals surface area contributed by atoms with Crippen LogP contribution in [-0.4, -0.2) is 11.2 Å². The van der Waals surface area contributed by atoms with Crippen molar-refractivity contribution in [1.82, 2.24) is 0 Å². The third-order valence-electron chi connectivity index (χ3n) is 3.36. The predicted molar refractivity (Wildman–Crippen MR) is 56.6 cm³/mol. The first-order valence-corrected chi connectivity index (χ1v) is 5.79. The van der Waals surface area contributed by atoms with E-state index < -0.39 is 0 Å². The van der Waals surface area contributed by atoms with Gasteiger partial charge in [-0.3, -0.25) is 0 Å². The lowest BCUT2D eigenvalue weighted by atomic mass is 9.76. The van der Waals surface area contributed by atoms with Crippen LogP contribution in [0.5, 0.6) is 0 Å². The van der Waals surface area contributed by atoms with Gasteiger partial charge in [-0.05, 0) is 37.0 Å². The second kappa shape index (κ2) is 4.99. The molecule has 3 unspecified atom stereocenters. The Morgan fingerprint density at radius 2 is 1.77 bits per heavy atom. The van der Waals surface area contributed by atoms with Gasteiger partial charge in [0.05, 0.1) is 6.10 Å². The minimum atomic E-state index is -0.0116. The Morgan fingerprint density at radius 3 is 2.31 bits per heavy atom. The molecule has 1 heteroatoms. The van der Waals surface area contributed by atoms with E-state index in [2.05, 4.69) is 20.8 Å². The molecule has 0 spiro atoms. The molecule has 0 saturated heterocycles. The van der Waals surface area contributed by atoms with E-state index in [-0.39, 0.29) is 6.10 Å². The lowest BCUT2D eigenvalue weighted by molar-refractivity contribution is 0.0359. The molecule has 0 aromatic carbocycles. The van der Waals surface area contributed by atoms with Gasteiger partial charge in [0.2, 0.25) is 0 Å². The van der Waals surface area contributed by atoms with Crippen molar-refractivity contribution in [2.24, 2.45) is 17.8 Å². The fraction of sp³-hybridized carbons (Fsp3) is 1.00. The zero-order chi connectivity index (χ0) is 9.84. The van der Waals surface area contributed by atoms with Crippen LogP contribution in [-0.2, 0) is 0 Å². The van der Waals surface area contributed by atoms with Crippen molar-refractivity contribution < 1.29 is 5.11 Å². The fourth-order valence-corrected chi connectivity index (χ4v) is 2.72. The summed E-state index contributed by atoms with van der Waals surface area (Å²) in [6, 6.07) is 0. The maximum atomic E-state index is 9.85. The molecule has 0 radical (unpaired) electrons. The third kappa shape index (κ3) is 3.30. The lowest BCUT2D eigenvalue weighted by Crippen LogP contribution is -2.30. The molecule has 3 atom stereocenters. The second-order valence-corrected chi connectivity index (χ2v) is 5.12. The van der Waals surface area contributed by atoms with Crippen molar-refractivity contribution in [3.63, 3.8) is 0 Å². The molecule has 1 fully saturated rings. The highest BCUT2D eigenvalue weighted by Crippen LogP contribution is 2.33. The molecule has 0 amide bonds. The molecule has 1 saturated carbocycles. The second-order valence-electron chi connectivity index (χ2n) is 5.12. The SMILES string of the molecule is CC(C)CC(C)C1CCCCC1O. The molecule has 0 bridgehead atoms. The molecular formula is C12H24O. The maximum absolute atomic E-state index is 9.85. The molecular weight excluding hydrogens is 160 g/mol. The lowest BCUT2D eigenvalue weighted by Gasteiger charge is -2.33. The molecule has 1 nitrogen and oxygen atoms in total. The molecule has 0 aliphatic heterocycles. The molecule has 0 aromatic rings. The largest absolute Gasteiger partial charge is 0.393 e. The van der Waals surface area contributed by atoms with E-state index in [1.807, 2.05) is 0 Å². The Labute approximate surface area is 82.5 Å². The van der Waals surface area contributed by atoms with E-state index in [1.54, 1.807) is 0 Å². The van der Waals surface area contributed by atoms with Gasteiger partial charge in [-0.25, -0.2) is 0 Å². The predicted octanol–water partition coefficient (Wildman–Crippen LogP) is 3.22. The normalized spacial score (nSPS) is 32.1. The van der Waals surface area contributed by atoms with Crippen LogP contribution in [0, 0.1) is 17.8 Å². The van der Waals surface area contributed by atoms with Gasteiger partial charge in [-0.15, -0.1) is 0 Å². The topological polar surface area (TPSA) is 20.2 Å². The average molecular weight is 184 g/mol. The van der Waals surface area contributed by atoms with Gasteiger partial charge < -0.3 is 5.11 Å². The highest BCUT2D eigenvalue weighted by atomic mass is 16.3. The summed E-state index contributed by atoms with van der Waals surface area (Å²) in [4.78, 5) is 0. The van der Waals surface area contributed by atoms with Crippen LogP contribution >= 0.6 is 0 Å². The van der Waals surface area contributed by atoms with Crippen molar-refractivity contribution in [2.75, 3.05) is 0 Å². The summed E-state index contributed by atoms with van der Waals surface area (Å²) in [6.45, 7) is 6.84. The Morgan fingerprint density at radius 1 is 1.15 bits per heavy atom. The summed E-state index contributed by atoms with van der Waals surface area (Å²) < 4.78 is 0. The minimum absolute atomic E-state index is 0.0116. The summed E-state index contributed by atoms with van der Waals surface area (Å²) in [5, 5.41) is 9.85. The molecule has 1 aliphatic rings. The Kier molecular flexibility index (Phi) is 4.24. The molecule has 0 aromatic heterocycles. The first-order valence-electron chi connectivity index (χ1n) is 5.79. The average Bonchev–Trinajstić information content (AvgIpc) is 2.03. The van der Waals surface area contributed by atoms with Gasteiger partial charge in [0.1, 0.15) is 0 Å². The summed E-state index contributed by atoms with van der Waals surface area (Å²) >= 11 is 0. The van der Waals surface area contributed by atoms with Crippen molar-refractivity contribution in [1.29, 1.82) is 0 Å². The zero-order valence-electron chi connectivity index (χ0n) is 9.29. The summed E-state index contributed by atoms with van der Waals surface area (Å²) in [7, 11) is 0. The van der Waals surface area contributed by atoms with Crippen molar-refractivity contribution >= 4 is 0 Å².